The van der Waals surface area contributed by atoms with E-state index in [2.05, 4.69) is 5.32 Å². The summed E-state index contributed by atoms with van der Waals surface area (Å²) in [4.78, 5) is 11.7. The van der Waals surface area contributed by atoms with E-state index >= 15 is 0 Å². The number of nitrogens with one attached hydrogen (secondary N) is 1. The summed E-state index contributed by atoms with van der Waals surface area (Å²) in [5, 5.41) is 12.3. The highest BCUT2D eigenvalue weighted by Gasteiger charge is 2.20. The molecule has 17 heavy (non-hydrogen) atoms. The number of rotatable bonds is 3. The SMILES string of the molecule is Cc1ccc(C(=O)NCC2CCC(O)CC2)o1. The van der Waals surface area contributed by atoms with Crippen LogP contribution in [0.5, 0.6) is 0 Å². The maximum absolute atomic E-state index is 11.7. The number of hydrogen-bond donors (Lipinski definition) is 2. The van der Waals surface area contributed by atoms with Crippen LogP contribution in [0.15, 0.2) is 16.5 Å². The van der Waals surface area contributed by atoms with Gasteiger partial charge in [0, 0.05) is 6.54 Å². The second-order valence-corrected chi connectivity index (χ2v) is 4.79. The predicted molar refractivity (Wildman–Crippen MR) is 63.7 cm³/mol. The maximum Gasteiger partial charge on any atom is 0.287 e. The third-order valence-electron chi connectivity index (χ3n) is 3.33. The normalized spacial score (nSPS) is 24.6. The van der Waals surface area contributed by atoms with Gasteiger partial charge < -0.3 is 14.8 Å². The van der Waals surface area contributed by atoms with E-state index in [-0.39, 0.29) is 12.0 Å². The molecule has 2 N–H and O–H groups in total. The first-order chi connectivity index (χ1) is 8.15. The zero-order valence-corrected chi connectivity index (χ0v) is 10.1. The molecule has 1 saturated carbocycles. The molecular formula is C13H19NO3. The number of carbonyl (C=O) groups excluding carboxylic acids is 1. The Kier molecular flexibility index (Phi) is 3.84. The van der Waals surface area contributed by atoms with Crippen LogP contribution in [0.2, 0.25) is 0 Å². The average molecular weight is 237 g/mol. The lowest BCUT2D eigenvalue weighted by Gasteiger charge is -2.25. The third kappa shape index (κ3) is 3.33. The number of aliphatic hydroxyl groups excluding tert-OH is 1. The van der Waals surface area contributed by atoms with Gasteiger partial charge in [0.2, 0.25) is 0 Å². The first-order valence-corrected chi connectivity index (χ1v) is 6.18. The Bertz CT molecular complexity index is 378. The molecule has 94 valence electrons. The molecule has 0 unspecified atom stereocenters. The van der Waals surface area contributed by atoms with Gasteiger partial charge in [-0.25, -0.2) is 0 Å². The smallest absolute Gasteiger partial charge is 0.287 e. The molecule has 0 radical (unpaired) electrons. The highest BCUT2D eigenvalue weighted by Crippen LogP contribution is 2.23. The van der Waals surface area contributed by atoms with E-state index in [0.29, 0.717) is 18.2 Å². The molecule has 4 heteroatoms. The van der Waals surface area contributed by atoms with Crippen molar-refractivity contribution in [2.75, 3.05) is 6.54 Å². The van der Waals surface area contributed by atoms with E-state index in [9.17, 15) is 9.90 Å². The summed E-state index contributed by atoms with van der Waals surface area (Å²) in [5.41, 5.74) is 0. The van der Waals surface area contributed by atoms with Crippen molar-refractivity contribution < 1.29 is 14.3 Å². The molecule has 1 fully saturated rings. The fraction of sp³-hybridized carbons (Fsp3) is 0.615. The molecular weight excluding hydrogens is 218 g/mol. The van der Waals surface area contributed by atoms with Crippen LogP contribution in [0.25, 0.3) is 0 Å². The minimum Gasteiger partial charge on any atom is -0.456 e. The van der Waals surface area contributed by atoms with Crippen LogP contribution in [0.4, 0.5) is 0 Å². The van der Waals surface area contributed by atoms with Gasteiger partial charge in [-0.3, -0.25) is 4.79 Å². The standard InChI is InChI=1S/C13H19NO3/c1-9-2-7-12(17-9)13(16)14-8-10-3-5-11(15)6-4-10/h2,7,10-11,15H,3-6,8H2,1H3,(H,14,16). The zero-order valence-electron chi connectivity index (χ0n) is 10.1. The quantitative estimate of drug-likeness (QED) is 0.843. The van der Waals surface area contributed by atoms with Crippen molar-refractivity contribution in [2.45, 2.75) is 38.7 Å². The number of furan rings is 1. The van der Waals surface area contributed by atoms with Gasteiger partial charge in [0.05, 0.1) is 6.10 Å². The Morgan fingerprint density at radius 3 is 2.71 bits per heavy atom. The van der Waals surface area contributed by atoms with Crippen LogP contribution in [0.1, 0.15) is 42.0 Å². The highest BCUT2D eigenvalue weighted by molar-refractivity contribution is 5.91. The molecule has 1 aliphatic carbocycles. The summed E-state index contributed by atoms with van der Waals surface area (Å²) in [7, 11) is 0. The summed E-state index contributed by atoms with van der Waals surface area (Å²) in [5.74, 6) is 1.46. The fourth-order valence-corrected chi connectivity index (χ4v) is 2.23. The largest absolute Gasteiger partial charge is 0.456 e. The predicted octanol–water partition coefficient (Wildman–Crippen LogP) is 1.87. The summed E-state index contributed by atoms with van der Waals surface area (Å²) in [6, 6.07) is 3.47. The summed E-state index contributed by atoms with van der Waals surface area (Å²) >= 11 is 0. The van der Waals surface area contributed by atoms with Crippen LogP contribution in [0.3, 0.4) is 0 Å². The van der Waals surface area contributed by atoms with E-state index in [0.717, 1.165) is 31.4 Å². The van der Waals surface area contributed by atoms with E-state index in [4.69, 9.17) is 4.42 Å². The van der Waals surface area contributed by atoms with Crippen molar-refractivity contribution >= 4 is 5.91 Å². The summed E-state index contributed by atoms with van der Waals surface area (Å²) < 4.78 is 5.25. The van der Waals surface area contributed by atoms with Gasteiger partial charge in [0.1, 0.15) is 5.76 Å². The molecule has 4 nitrogen and oxygen atoms in total. The van der Waals surface area contributed by atoms with E-state index in [1.807, 2.05) is 6.92 Å². The number of amides is 1. The molecule has 0 saturated heterocycles. The second kappa shape index (κ2) is 5.36. The van der Waals surface area contributed by atoms with E-state index in [1.54, 1.807) is 12.1 Å². The average Bonchev–Trinajstić information content (AvgIpc) is 2.75. The van der Waals surface area contributed by atoms with Crippen molar-refractivity contribution in [3.63, 3.8) is 0 Å². The van der Waals surface area contributed by atoms with Gasteiger partial charge in [-0.2, -0.15) is 0 Å². The lowest BCUT2D eigenvalue weighted by atomic mass is 9.87. The number of carbonyl (C=O) groups is 1. The molecule has 1 aliphatic rings. The molecule has 0 atom stereocenters. The minimum atomic E-state index is -0.149. The Balaban J connectivity index is 1.76. The highest BCUT2D eigenvalue weighted by atomic mass is 16.3. The Morgan fingerprint density at radius 1 is 1.41 bits per heavy atom. The maximum atomic E-state index is 11.7. The molecule has 0 aromatic carbocycles. The van der Waals surface area contributed by atoms with Crippen LogP contribution in [0, 0.1) is 12.8 Å². The first-order valence-electron chi connectivity index (χ1n) is 6.18. The second-order valence-electron chi connectivity index (χ2n) is 4.79. The third-order valence-corrected chi connectivity index (χ3v) is 3.33. The van der Waals surface area contributed by atoms with Crippen molar-refractivity contribution in [3.8, 4) is 0 Å². The number of aliphatic hydroxyl groups is 1. The van der Waals surface area contributed by atoms with Crippen LogP contribution < -0.4 is 5.32 Å². The molecule has 1 aromatic rings. The van der Waals surface area contributed by atoms with Gasteiger partial charge in [0.25, 0.3) is 5.91 Å². The van der Waals surface area contributed by atoms with Gasteiger partial charge in [-0.05, 0) is 50.7 Å². The minimum absolute atomic E-state index is 0.144. The molecule has 1 aromatic heterocycles. The first kappa shape index (κ1) is 12.2. The summed E-state index contributed by atoms with van der Waals surface area (Å²) in [6.45, 7) is 2.49. The number of hydrogen-bond acceptors (Lipinski definition) is 3. The fourth-order valence-electron chi connectivity index (χ4n) is 2.23. The van der Waals surface area contributed by atoms with Gasteiger partial charge in [0.15, 0.2) is 5.76 Å². The molecule has 0 bridgehead atoms. The molecule has 2 rings (SSSR count). The van der Waals surface area contributed by atoms with E-state index < -0.39 is 0 Å². The van der Waals surface area contributed by atoms with Crippen molar-refractivity contribution in [1.82, 2.24) is 5.32 Å². The molecule has 1 heterocycles. The van der Waals surface area contributed by atoms with Crippen molar-refractivity contribution in [1.29, 1.82) is 0 Å². The molecule has 0 spiro atoms. The summed E-state index contributed by atoms with van der Waals surface area (Å²) in [6.07, 6.45) is 3.52. The van der Waals surface area contributed by atoms with Crippen LogP contribution >= 0.6 is 0 Å². The zero-order chi connectivity index (χ0) is 12.3. The van der Waals surface area contributed by atoms with Gasteiger partial charge in [-0.15, -0.1) is 0 Å². The van der Waals surface area contributed by atoms with Crippen LogP contribution in [-0.2, 0) is 0 Å². The Labute approximate surface area is 101 Å². The van der Waals surface area contributed by atoms with E-state index in [1.165, 1.54) is 0 Å². The number of aryl methyl sites for hydroxylation is 1. The molecule has 0 aliphatic heterocycles. The van der Waals surface area contributed by atoms with Gasteiger partial charge >= 0.3 is 0 Å². The van der Waals surface area contributed by atoms with Crippen molar-refractivity contribution in [2.24, 2.45) is 5.92 Å². The van der Waals surface area contributed by atoms with Crippen LogP contribution in [-0.4, -0.2) is 23.7 Å². The topological polar surface area (TPSA) is 62.5 Å². The molecule has 1 amide bonds. The van der Waals surface area contributed by atoms with Crippen molar-refractivity contribution in [3.05, 3.63) is 23.7 Å². The lowest BCUT2D eigenvalue weighted by Crippen LogP contribution is -2.31. The lowest BCUT2D eigenvalue weighted by molar-refractivity contribution is 0.0885. The Morgan fingerprint density at radius 2 is 2.12 bits per heavy atom. The monoisotopic (exact) mass is 237 g/mol. The Hall–Kier alpha value is -1.29. The van der Waals surface area contributed by atoms with Gasteiger partial charge in [-0.1, -0.05) is 0 Å².